The Bertz CT molecular complexity index is 668. The summed E-state index contributed by atoms with van der Waals surface area (Å²) in [7, 11) is 0. The molecule has 0 aliphatic rings. The van der Waals surface area contributed by atoms with Gasteiger partial charge in [0.15, 0.2) is 0 Å². The van der Waals surface area contributed by atoms with Crippen LogP contribution in [0.15, 0.2) is 24.3 Å². The molecule has 0 aliphatic carbocycles. The molecule has 0 amide bonds. The highest BCUT2D eigenvalue weighted by atomic mass is 16.6. The molecule has 0 heterocycles. The summed E-state index contributed by atoms with van der Waals surface area (Å²) in [5, 5.41) is 19.4. The van der Waals surface area contributed by atoms with Gasteiger partial charge in [0, 0.05) is 0 Å². The van der Waals surface area contributed by atoms with Crippen LogP contribution in [0.2, 0.25) is 0 Å². The Labute approximate surface area is 176 Å². The molecule has 5 nitrogen and oxygen atoms in total. The number of carbonyl (C=O) groups excluding carboxylic acids is 1. The van der Waals surface area contributed by atoms with E-state index in [-0.39, 0.29) is 12.2 Å². The Morgan fingerprint density at radius 1 is 0.828 bits per heavy atom. The van der Waals surface area contributed by atoms with Crippen molar-refractivity contribution >= 4 is 5.97 Å². The summed E-state index contributed by atoms with van der Waals surface area (Å²) in [5.74, 6) is -0.427. The summed E-state index contributed by atoms with van der Waals surface area (Å²) in [6.45, 7) is 15.3. The van der Waals surface area contributed by atoms with Crippen LogP contribution >= 0.6 is 0 Å². The fraction of sp³-hybridized carbons (Fsp3) is 0.708. The highest BCUT2D eigenvalue weighted by Gasteiger charge is 2.33. The summed E-state index contributed by atoms with van der Waals surface area (Å²) < 4.78 is 12.1. The van der Waals surface area contributed by atoms with Crippen LogP contribution in [-0.4, -0.2) is 38.6 Å². The van der Waals surface area contributed by atoms with E-state index in [1.54, 1.807) is 38.1 Å². The molecule has 1 rings (SSSR count). The van der Waals surface area contributed by atoms with Gasteiger partial charge in [0.05, 0.1) is 29.0 Å². The summed E-state index contributed by atoms with van der Waals surface area (Å²) >= 11 is 0. The number of hydrogen-bond donors (Lipinski definition) is 2. The Balaban J connectivity index is 2.67. The number of esters is 1. The fourth-order valence-corrected chi connectivity index (χ4v) is 3.27. The van der Waals surface area contributed by atoms with Crippen LogP contribution in [0.1, 0.15) is 97.0 Å². The standard InChI is InChI=1S/C24H40O5/c1-21(2,27)13-14-23(5,6)29-24(7,8)16-15-22(3,4)28-20(26)19-12-10-9-11-18(19)17-25/h9-12,25,27H,13-17H2,1-8H3. The molecule has 0 fully saturated rings. The molecule has 166 valence electrons. The van der Waals surface area contributed by atoms with E-state index in [0.717, 1.165) is 6.42 Å². The molecular formula is C24H40O5. The lowest BCUT2D eigenvalue weighted by Crippen LogP contribution is -2.40. The van der Waals surface area contributed by atoms with Gasteiger partial charge in [-0.2, -0.15) is 0 Å². The Kier molecular flexibility index (Phi) is 8.46. The highest BCUT2D eigenvalue weighted by molar-refractivity contribution is 5.91. The minimum Gasteiger partial charge on any atom is -0.456 e. The van der Waals surface area contributed by atoms with Crippen LogP contribution in [-0.2, 0) is 16.1 Å². The van der Waals surface area contributed by atoms with Gasteiger partial charge in [-0.25, -0.2) is 4.79 Å². The van der Waals surface area contributed by atoms with E-state index < -0.39 is 22.8 Å². The van der Waals surface area contributed by atoms with Crippen molar-refractivity contribution in [2.24, 2.45) is 0 Å². The van der Waals surface area contributed by atoms with Crippen molar-refractivity contribution in [1.82, 2.24) is 0 Å². The van der Waals surface area contributed by atoms with Crippen molar-refractivity contribution in [3.8, 4) is 0 Å². The van der Waals surface area contributed by atoms with Crippen LogP contribution in [0.5, 0.6) is 0 Å². The van der Waals surface area contributed by atoms with Gasteiger partial charge in [-0.15, -0.1) is 0 Å². The molecule has 0 radical (unpaired) electrons. The van der Waals surface area contributed by atoms with Crippen molar-refractivity contribution in [1.29, 1.82) is 0 Å². The second-order valence-electron chi connectivity index (χ2n) is 10.4. The smallest absolute Gasteiger partial charge is 0.339 e. The first-order valence-corrected chi connectivity index (χ1v) is 10.4. The van der Waals surface area contributed by atoms with Gasteiger partial charge in [-0.05, 0) is 92.7 Å². The molecule has 1 aromatic carbocycles. The Morgan fingerprint density at radius 3 is 1.83 bits per heavy atom. The molecule has 0 spiro atoms. The van der Waals surface area contributed by atoms with E-state index in [0.29, 0.717) is 30.4 Å². The number of carbonyl (C=O) groups is 1. The first-order chi connectivity index (χ1) is 13.1. The van der Waals surface area contributed by atoms with Crippen LogP contribution < -0.4 is 0 Å². The Morgan fingerprint density at radius 2 is 1.31 bits per heavy atom. The van der Waals surface area contributed by atoms with Gasteiger partial charge in [0.25, 0.3) is 0 Å². The van der Waals surface area contributed by atoms with E-state index in [1.807, 2.05) is 41.5 Å². The molecule has 2 N–H and O–H groups in total. The first kappa shape index (κ1) is 25.6. The lowest BCUT2D eigenvalue weighted by Gasteiger charge is -2.39. The van der Waals surface area contributed by atoms with Crippen LogP contribution in [0.25, 0.3) is 0 Å². The number of aliphatic hydroxyl groups is 2. The van der Waals surface area contributed by atoms with E-state index >= 15 is 0 Å². The van der Waals surface area contributed by atoms with Gasteiger partial charge in [0.2, 0.25) is 0 Å². The van der Waals surface area contributed by atoms with Gasteiger partial charge in [-0.1, -0.05) is 18.2 Å². The number of ether oxygens (including phenoxy) is 2. The lowest BCUT2D eigenvalue weighted by atomic mass is 9.90. The maximum Gasteiger partial charge on any atom is 0.339 e. The molecule has 1 aromatic rings. The number of hydrogen-bond acceptors (Lipinski definition) is 5. The predicted octanol–water partition coefficient (Wildman–Crippen LogP) is 5.02. The van der Waals surface area contributed by atoms with Gasteiger partial charge >= 0.3 is 5.97 Å². The molecular weight excluding hydrogens is 368 g/mol. The summed E-state index contributed by atoms with van der Waals surface area (Å²) in [4.78, 5) is 12.6. The van der Waals surface area contributed by atoms with Crippen molar-refractivity contribution in [2.45, 2.75) is 110 Å². The molecule has 0 saturated heterocycles. The van der Waals surface area contributed by atoms with Crippen LogP contribution in [0, 0.1) is 0 Å². The third-order valence-corrected chi connectivity index (χ3v) is 5.00. The minimum atomic E-state index is -0.716. The van der Waals surface area contributed by atoms with Crippen molar-refractivity contribution in [3.63, 3.8) is 0 Å². The quantitative estimate of drug-likeness (QED) is 0.503. The zero-order valence-electron chi connectivity index (χ0n) is 19.5. The number of aliphatic hydroxyl groups excluding tert-OH is 1. The molecule has 0 bridgehead atoms. The zero-order chi connectivity index (χ0) is 22.5. The van der Waals surface area contributed by atoms with Crippen molar-refractivity contribution in [2.75, 3.05) is 0 Å². The normalized spacial score (nSPS) is 13.4. The van der Waals surface area contributed by atoms with E-state index in [4.69, 9.17) is 9.47 Å². The average molecular weight is 409 g/mol. The highest BCUT2D eigenvalue weighted by Crippen LogP contribution is 2.32. The van der Waals surface area contributed by atoms with E-state index in [9.17, 15) is 15.0 Å². The molecule has 0 saturated carbocycles. The fourth-order valence-electron chi connectivity index (χ4n) is 3.27. The first-order valence-electron chi connectivity index (χ1n) is 10.4. The summed E-state index contributed by atoms with van der Waals surface area (Å²) in [6, 6.07) is 6.93. The summed E-state index contributed by atoms with van der Waals surface area (Å²) in [6.07, 6.45) is 2.75. The zero-order valence-corrected chi connectivity index (χ0v) is 19.5. The molecule has 0 atom stereocenters. The largest absolute Gasteiger partial charge is 0.456 e. The third kappa shape index (κ3) is 9.75. The molecule has 0 unspecified atom stereocenters. The third-order valence-electron chi connectivity index (χ3n) is 5.00. The van der Waals surface area contributed by atoms with E-state index in [2.05, 4.69) is 0 Å². The maximum absolute atomic E-state index is 12.6. The number of rotatable bonds is 11. The second kappa shape index (κ2) is 9.59. The predicted molar refractivity (Wildman–Crippen MR) is 116 cm³/mol. The topological polar surface area (TPSA) is 76.0 Å². The molecule has 29 heavy (non-hydrogen) atoms. The molecule has 5 heteroatoms. The molecule has 0 aromatic heterocycles. The van der Waals surface area contributed by atoms with Crippen LogP contribution in [0.3, 0.4) is 0 Å². The van der Waals surface area contributed by atoms with Crippen molar-refractivity contribution < 1.29 is 24.5 Å². The number of benzene rings is 1. The van der Waals surface area contributed by atoms with Crippen LogP contribution in [0.4, 0.5) is 0 Å². The summed E-state index contributed by atoms with van der Waals surface area (Å²) in [5.41, 5.74) is -1.21. The second-order valence-corrected chi connectivity index (χ2v) is 10.4. The van der Waals surface area contributed by atoms with Gasteiger partial charge in [0.1, 0.15) is 5.60 Å². The monoisotopic (exact) mass is 408 g/mol. The maximum atomic E-state index is 12.6. The minimum absolute atomic E-state index is 0.202. The average Bonchev–Trinajstić information content (AvgIpc) is 2.57. The SMILES string of the molecule is CC(C)(O)CCC(C)(C)OC(C)(C)CCC(C)(C)OC(=O)c1ccccc1CO. The Hall–Kier alpha value is -1.43. The van der Waals surface area contributed by atoms with E-state index in [1.165, 1.54) is 0 Å². The lowest BCUT2D eigenvalue weighted by molar-refractivity contribution is -0.140. The van der Waals surface area contributed by atoms with Gasteiger partial charge < -0.3 is 19.7 Å². The van der Waals surface area contributed by atoms with Crippen molar-refractivity contribution in [3.05, 3.63) is 35.4 Å². The molecule has 0 aliphatic heterocycles. The van der Waals surface area contributed by atoms with Gasteiger partial charge in [-0.3, -0.25) is 0 Å².